The quantitative estimate of drug-likeness (QED) is 0.919. The average Bonchev–Trinajstić information content (AvgIpc) is 2.42. The maximum absolute atomic E-state index is 13.7. The third-order valence-corrected chi connectivity index (χ3v) is 2.76. The number of nitrogens with zero attached hydrogens (tertiary/aromatic N) is 1. The number of anilines is 1. The van der Waals surface area contributed by atoms with Crippen LogP contribution in [-0.2, 0) is 0 Å². The van der Waals surface area contributed by atoms with E-state index in [0.29, 0.717) is 0 Å². The predicted molar refractivity (Wildman–Crippen MR) is 70.8 cm³/mol. The van der Waals surface area contributed by atoms with Crippen LogP contribution in [0.25, 0.3) is 0 Å². The Balaban J connectivity index is 2.44. The summed E-state index contributed by atoms with van der Waals surface area (Å²) in [5, 5.41) is 0. The first kappa shape index (κ1) is 13.0. The van der Waals surface area contributed by atoms with Crippen LogP contribution in [0.2, 0.25) is 0 Å². The summed E-state index contributed by atoms with van der Waals surface area (Å²) < 4.78 is 13.7. The third-order valence-electron chi connectivity index (χ3n) is 2.76. The number of hydrogen-bond acceptors (Lipinski definition) is 2. The molecule has 0 atom stereocenters. The number of para-hydroxylation sites is 1. The van der Waals surface area contributed by atoms with E-state index in [-0.39, 0.29) is 17.8 Å². The van der Waals surface area contributed by atoms with Gasteiger partial charge in [0.05, 0.1) is 5.69 Å². The van der Waals surface area contributed by atoms with Crippen molar-refractivity contribution in [3.63, 3.8) is 0 Å². The summed E-state index contributed by atoms with van der Waals surface area (Å²) in [6, 6.07) is 7.24. The van der Waals surface area contributed by atoms with Crippen molar-refractivity contribution >= 4 is 11.6 Å². The van der Waals surface area contributed by atoms with E-state index in [1.165, 1.54) is 35.5 Å². The van der Waals surface area contributed by atoms with E-state index in [2.05, 4.69) is 4.98 Å². The Morgan fingerprint density at radius 1 is 1.32 bits per heavy atom. The minimum Gasteiger partial charge on any atom is -0.367 e. The van der Waals surface area contributed by atoms with E-state index in [0.717, 1.165) is 0 Å². The maximum atomic E-state index is 13.7. The first-order valence-corrected chi connectivity index (χ1v) is 5.88. The van der Waals surface area contributed by atoms with Gasteiger partial charge in [-0.2, -0.15) is 0 Å². The molecule has 4 nitrogen and oxygen atoms in total. The van der Waals surface area contributed by atoms with Crippen molar-refractivity contribution in [2.24, 2.45) is 0 Å². The minimum absolute atomic E-state index is 0.00685. The number of carbonyl (C=O) groups is 1. The van der Waals surface area contributed by atoms with Gasteiger partial charge in [0.15, 0.2) is 5.43 Å². The molecule has 0 aliphatic heterocycles. The predicted octanol–water partition coefficient (Wildman–Crippen LogP) is 2.18. The number of nitrogens with one attached hydrogen (secondary N) is 1. The molecule has 0 radical (unpaired) electrons. The van der Waals surface area contributed by atoms with Gasteiger partial charge in [-0.1, -0.05) is 12.1 Å². The zero-order valence-corrected chi connectivity index (χ0v) is 10.4. The van der Waals surface area contributed by atoms with Crippen molar-refractivity contribution in [2.75, 3.05) is 11.4 Å². The first-order chi connectivity index (χ1) is 9.15. The molecule has 1 aromatic carbocycles. The molecule has 2 aromatic rings. The lowest BCUT2D eigenvalue weighted by molar-refractivity contribution is 0.0986. The molecule has 1 aromatic heterocycles. The molecule has 0 saturated carbocycles. The van der Waals surface area contributed by atoms with Crippen LogP contribution in [0, 0.1) is 5.82 Å². The average molecular weight is 260 g/mol. The number of aromatic nitrogens is 1. The highest BCUT2D eigenvalue weighted by Gasteiger charge is 2.20. The van der Waals surface area contributed by atoms with Crippen molar-refractivity contribution in [1.29, 1.82) is 0 Å². The number of aromatic amines is 1. The molecular weight excluding hydrogens is 247 g/mol. The topological polar surface area (TPSA) is 53.2 Å². The number of amides is 1. The summed E-state index contributed by atoms with van der Waals surface area (Å²) in [6.45, 7) is 2.00. The van der Waals surface area contributed by atoms with Crippen LogP contribution in [0.15, 0.2) is 47.5 Å². The van der Waals surface area contributed by atoms with Crippen molar-refractivity contribution in [3.8, 4) is 0 Å². The van der Waals surface area contributed by atoms with Gasteiger partial charge in [-0.25, -0.2) is 4.39 Å². The fraction of sp³-hybridized carbons (Fsp3) is 0.143. The van der Waals surface area contributed by atoms with Crippen molar-refractivity contribution in [3.05, 3.63) is 64.3 Å². The molecule has 0 unspecified atom stereocenters. The van der Waals surface area contributed by atoms with Crippen LogP contribution < -0.4 is 10.3 Å². The van der Waals surface area contributed by atoms with E-state index < -0.39 is 17.2 Å². The Morgan fingerprint density at radius 3 is 2.68 bits per heavy atom. The third kappa shape index (κ3) is 2.54. The summed E-state index contributed by atoms with van der Waals surface area (Å²) in [4.78, 5) is 27.8. The van der Waals surface area contributed by atoms with Gasteiger partial charge >= 0.3 is 0 Å². The van der Waals surface area contributed by atoms with E-state index in [1.807, 2.05) is 0 Å². The standard InChI is InChI=1S/C14H13FN2O2/c1-2-17(12-6-4-3-5-11(12)15)14(19)10-9-16-8-7-13(10)18/h3-9H,2H2,1H3,(H,16,18). The van der Waals surface area contributed by atoms with E-state index in [4.69, 9.17) is 0 Å². The number of benzene rings is 1. The Morgan fingerprint density at radius 2 is 2.05 bits per heavy atom. The summed E-state index contributed by atoms with van der Waals surface area (Å²) in [6.07, 6.45) is 2.77. The normalized spacial score (nSPS) is 10.2. The number of pyridine rings is 1. The van der Waals surface area contributed by atoms with Crippen LogP contribution in [-0.4, -0.2) is 17.4 Å². The molecule has 0 aliphatic carbocycles. The summed E-state index contributed by atoms with van der Waals surface area (Å²) in [5.41, 5.74) is -0.232. The number of carbonyl (C=O) groups excluding carboxylic acids is 1. The van der Waals surface area contributed by atoms with Gasteiger partial charge < -0.3 is 9.88 Å². The smallest absolute Gasteiger partial charge is 0.263 e. The molecule has 19 heavy (non-hydrogen) atoms. The summed E-state index contributed by atoms with van der Waals surface area (Å²) in [5.74, 6) is -1.01. The van der Waals surface area contributed by atoms with E-state index in [1.54, 1.807) is 19.1 Å². The number of hydrogen-bond donors (Lipinski definition) is 1. The van der Waals surface area contributed by atoms with Crippen LogP contribution in [0.4, 0.5) is 10.1 Å². The number of halogens is 1. The van der Waals surface area contributed by atoms with Gasteiger partial charge in [-0.15, -0.1) is 0 Å². The lowest BCUT2D eigenvalue weighted by Crippen LogP contribution is -2.34. The van der Waals surface area contributed by atoms with Gasteiger partial charge in [-0.3, -0.25) is 9.59 Å². The van der Waals surface area contributed by atoms with Gasteiger partial charge in [-0.05, 0) is 19.1 Å². The molecule has 0 saturated heterocycles. The molecule has 1 heterocycles. The van der Waals surface area contributed by atoms with Crippen LogP contribution in [0.3, 0.4) is 0 Å². The summed E-state index contributed by atoms with van der Waals surface area (Å²) in [7, 11) is 0. The van der Waals surface area contributed by atoms with Gasteiger partial charge in [0.25, 0.3) is 5.91 Å². The first-order valence-electron chi connectivity index (χ1n) is 5.88. The molecule has 5 heteroatoms. The zero-order chi connectivity index (χ0) is 13.8. The Kier molecular flexibility index (Phi) is 3.75. The lowest BCUT2D eigenvalue weighted by Gasteiger charge is -2.21. The Labute approximate surface area is 109 Å². The Bertz CT molecular complexity index is 652. The number of H-pyrrole nitrogens is 1. The fourth-order valence-electron chi connectivity index (χ4n) is 1.82. The monoisotopic (exact) mass is 260 g/mol. The highest BCUT2D eigenvalue weighted by atomic mass is 19.1. The van der Waals surface area contributed by atoms with Crippen molar-refractivity contribution < 1.29 is 9.18 Å². The maximum Gasteiger partial charge on any atom is 0.263 e. The van der Waals surface area contributed by atoms with Crippen LogP contribution in [0.1, 0.15) is 17.3 Å². The van der Waals surface area contributed by atoms with Gasteiger partial charge in [0, 0.05) is 25.0 Å². The van der Waals surface area contributed by atoms with Crippen LogP contribution in [0.5, 0.6) is 0 Å². The highest BCUT2D eigenvalue weighted by molar-refractivity contribution is 6.05. The van der Waals surface area contributed by atoms with Crippen LogP contribution >= 0.6 is 0 Å². The zero-order valence-electron chi connectivity index (χ0n) is 10.4. The SMILES string of the molecule is CCN(C(=O)c1c[nH]ccc1=O)c1ccccc1F. The molecule has 0 aliphatic rings. The second kappa shape index (κ2) is 5.48. The molecule has 0 spiro atoms. The van der Waals surface area contributed by atoms with Gasteiger partial charge in [0.1, 0.15) is 11.4 Å². The van der Waals surface area contributed by atoms with E-state index in [9.17, 15) is 14.0 Å². The molecular formula is C14H13FN2O2. The summed E-state index contributed by atoms with van der Waals surface area (Å²) >= 11 is 0. The van der Waals surface area contributed by atoms with Gasteiger partial charge in [0.2, 0.25) is 0 Å². The Hall–Kier alpha value is -2.43. The molecule has 0 fully saturated rings. The minimum atomic E-state index is -0.519. The second-order valence-electron chi connectivity index (χ2n) is 3.92. The van der Waals surface area contributed by atoms with E-state index >= 15 is 0 Å². The molecule has 0 bridgehead atoms. The fourth-order valence-corrected chi connectivity index (χ4v) is 1.82. The molecule has 2 rings (SSSR count). The molecule has 98 valence electrons. The largest absolute Gasteiger partial charge is 0.367 e. The highest BCUT2D eigenvalue weighted by Crippen LogP contribution is 2.19. The van der Waals surface area contributed by atoms with Crippen molar-refractivity contribution in [1.82, 2.24) is 4.98 Å². The second-order valence-corrected chi connectivity index (χ2v) is 3.92. The molecule has 1 N–H and O–H groups in total. The number of rotatable bonds is 3. The van der Waals surface area contributed by atoms with Crippen molar-refractivity contribution in [2.45, 2.75) is 6.92 Å². The lowest BCUT2D eigenvalue weighted by atomic mass is 10.2. The molecule has 1 amide bonds.